The van der Waals surface area contributed by atoms with Gasteiger partial charge in [0.25, 0.3) is 0 Å². The van der Waals surface area contributed by atoms with E-state index < -0.39 is 0 Å². The molecule has 0 aliphatic rings. The fourth-order valence-electron chi connectivity index (χ4n) is 1.03. The van der Waals surface area contributed by atoms with Gasteiger partial charge in [-0.2, -0.15) is 0 Å². The Bertz CT molecular complexity index is 288. The fourth-order valence-corrected chi connectivity index (χ4v) is 2.05. The molecule has 0 bridgehead atoms. The highest BCUT2D eigenvalue weighted by Gasteiger charge is 2.09. The molecule has 1 rings (SSSR count). The molecule has 1 aromatic rings. The molecule has 1 atom stereocenters. The minimum Gasteiger partial charge on any atom is -0.388 e. The van der Waals surface area contributed by atoms with Crippen LogP contribution in [0.3, 0.4) is 0 Å². The molecule has 5 heteroatoms. The monoisotopic (exact) mass is 210 g/mol. The summed E-state index contributed by atoms with van der Waals surface area (Å²) in [6.07, 6.45) is 4.85. The molecule has 1 aromatic heterocycles. The first-order valence-corrected chi connectivity index (χ1v) is 5.36. The normalized spacial score (nSPS) is 12.4. The molecule has 0 fully saturated rings. The largest absolute Gasteiger partial charge is 0.388 e. The predicted octanol–water partition coefficient (Wildman–Crippen LogP) is 1.67. The highest BCUT2D eigenvalue weighted by molar-refractivity contribution is 7.99. The number of aromatic nitrogens is 2. The van der Waals surface area contributed by atoms with Gasteiger partial charge in [-0.05, 0) is 12.5 Å². The third-order valence-corrected chi connectivity index (χ3v) is 3.06. The van der Waals surface area contributed by atoms with Gasteiger partial charge in [0.1, 0.15) is 6.33 Å². The van der Waals surface area contributed by atoms with Gasteiger partial charge in [0.05, 0.1) is 10.9 Å². The minimum absolute atomic E-state index is 0.235. The summed E-state index contributed by atoms with van der Waals surface area (Å²) in [5.41, 5.74) is 5.36. The summed E-state index contributed by atoms with van der Waals surface area (Å²) in [6, 6.07) is 1.87. The lowest BCUT2D eigenvalue weighted by atomic mass is 10.2. The molecule has 0 saturated carbocycles. The lowest BCUT2D eigenvalue weighted by molar-refractivity contribution is 0.844. The van der Waals surface area contributed by atoms with E-state index in [9.17, 15) is 0 Å². The van der Waals surface area contributed by atoms with Crippen molar-refractivity contribution in [2.45, 2.75) is 30.0 Å². The molecule has 0 aliphatic heterocycles. The highest BCUT2D eigenvalue weighted by atomic mass is 32.2. The van der Waals surface area contributed by atoms with Crippen LogP contribution in [0.25, 0.3) is 0 Å². The van der Waals surface area contributed by atoms with Crippen LogP contribution in [-0.4, -0.2) is 21.1 Å². The summed E-state index contributed by atoms with van der Waals surface area (Å²) in [7, 11) is 0. The standard InChI is InChI=1S/C9H14N4S/c1-2-7(5-8(10)11)14-9-3-4-12-6-13-9/h3-4,6-7H,2,5H2,1H3,(H3,10,11). The molecule has 76 valence electrons. The summed E-state index contributed by atoms with van der Waals surface area (Å²) in [4.78, 5) is 7.96. The Labute approximate surface area is 87.8 Å². The minimum atomic E-state index is 0.235. The fraction of sp³-hybridized carbons (Fsp3) is 0.444. The van der Waals surface area contributed by atoms with Crippen LogP contribution in [0.2, 0.25) is 0 Å². The van der Waals surface area contributed by atoms with Crippen LogP contribution < -0.4 is 5.73 Å². The maximum absolute atomic E-state index is 7.23. The van der Waals surface area contributed by atoms with Crippen molar-refractivity contribution in [1.82, 2.24) is 9.97 Å². The number of hydrogen-bond acceptors (Lipinski definition) is 4. The van der Waals surface area contributed by atoms with Crippen LogP contribution >= 0.6 is 11.8 Å². The number of amidine groups is 1. The SMILES string of the molecule is CCC(CC(=N)N)Sc1ccncn1. The van der Waals surface area contributed by atoms with E-state index in [0.29, 0.717) is 11.7 Å². The first kappa shape index (κ1) is 11.0. The molecule has 0 radical (unpaired) electrons. The molecule has 0 amide bonds. The summed E-state index contributed by atoms with van der Waals surface area (Å²) in [6.45, 7) is 2.09. The van der Waals surface area contributed by atoms with E-state index in [0.717, 1.165) is 11.4 Å². The summed E-state index contributed by atoms with van der Waals surface area (Å²) < 4.78 is 0. The Morgan fingerprint density at radius 2 is 2.50 bits per heavy atom. The Morgan fingerprint density at radius 1 is 1.71 bits per heavy atom. The second-order valence-electron chi connectivity index (χ2n) is 2.93. The zero-order valence-electron chi connectivity index (χ0n) is 8.10. The lowest BCUT2D eigenvalue weighted by Crippen LogP contribution is -2.16. The van der Waals surface area contributed by atoms with Crippen LogP contribution in [0.5, 0.6) is 0 Å². The number of nitrogens with two attached hydrogens (primary N) is 1. The van der Waals surface area contributed by atoms with E-state index in [1.165, 1.54) is 6.33 Å². The van der Waals surface area contributed by atoms with E-state index in [1.54, 1.807) is 18.0 Å². The second kappa shape index (κ2) is 5.59. The Balaban J connectivity index is 2.53. The average molecular weight is 210 g/mol. The van der Waals surface area contributed by atoms with E-state index in [4.69, 9.17) is 11.1 Å². The average Bonchev–Trinajstić information content (AvgIpc) is 2.17. The van der Waals surface area contributed by atoms with E-state index in [2.05, 4.69) is 16.9 Å². The highest BCUT2D eigenvalue weighted by Crippen LogP contribution is 2.24. The van der Waals surface area contributed by atoms with Gasteiger partial charge in [0.2, 0.25) is 0 Å². The molecular formula is C9H14N4S. The van der Waals surface area contributed by atoms with Gasteiger partial charge in [-0.3, -0.25) is 5.41 Å². The van der Waals surface area contributed by atoms with Gasteiger partial charge in [-0.25, -0.2) is 9.97 Å². The van der Waals surface area contributed by atoms with Crippen molar-refractivity contribution >= 4 is 17.6 Å². The molecule has 0 aromatic carbocycles. The number of hydrogen-bond donors (Lipinski definition) is 2. The van der Waals surface area contributed by atoms with Crippen molar-refractivity contribution in [3.63, 3.8) is 0 Å². The van der Waals surface area contributed by atoms with Crippen LogP contribution in [0.4, 0.5) is 0 Å². The van der Waals surface area contributed by atoms with Gasteiger partial charge in [-0.1, -0.05) is 6.92 Å². The quantitative estimate of drug-likeness (QED) is 0.335. The van der Waals surface area contributed by atoms with Crippen molar-refractivity contribution in [2.75, 3.05) is 0 Å². The smallest absolute Gasteiger partial charge is 0.116 e. The molecule has 3 N–H and O–H groups in total. The van der Waals surface area contributed by atoms with Crippen molar-refractivity contribution in [1.29, 1.82) is 5.41 Å². The molecule has 1 heterocycles. The molecule has 0 spiro atoms. The first-order valence-electron chi connectivity index (χ1n) is 4.48. The van der Waals surface area contributed by atoms with Crippen LogP contribution in [0.15, 0.2) is 23.6 Å². The van der Waals surface area contributed by atoms with Gasteiger partial charge in [-0.15, -0.1) is 11.8 Å². The third kappa shape index (κ3) is 3.74. The van der Waals surface area contributed by atoms with E-state index in [1.807, 2.05) is 6.07 Å². The van der Waals surface area contributed by atoms with Crippen molar-refractivity contribution in [2.24, 2.45) is 5.73 Å². The summed E-state index contributed by atoms with van der Waals surface area (Å²) in [5, 5.41) is 8.50. The van der Waals surface area contributed by atoms with Crippen LogP contribution in [-0.2, 0) is 0 Å². The number of nitrogens with zero attached hydrogens (tertiary/aromatic N) is 2. The van der Waals surface area contributed by atoms with Gasteiger partial charge >= 0.3 is 0 Å². The van der Waals surface area contributed by atoms with Crippen LogP contribution in [0.1, 0.15) is 19.8 Å². The van der Waals surface area contributed by atoms with Gasteiger partial charge in [0.15, 0.2) is 0 Å². The second-order valence-corrected chi connectivity index (χ2v) is 4.25. The summed E-state index contributed by atoms with van der Waals surface area (Å²) in [5.74, 6) is 0.235. The molecule has 14 heavy (non-hydrogen) atoms. The van der Waals surface area contributed by atoms with Crippen LogP contribution in [0, 0.1) is 5.41 Å². The van der Waals surface area contributed by atoms with Gasteiger partial charge in [0, 0.05) is 17.9 Å². The Morgan fingerprint density at radius 3 is 3.00 bits per heavy atom. The maximum Gasteiger partial charge on any atom is 0.116 e. The molecule has 1 unspecified atom stereocenters. The molecule has 4 nitrogen and oxygen atoms in total. The third-order valence-electron chi connectivity index (χ3n) is 1.75. The number of nitrogens with one attached hydrogen (secondary N) is 1. The Kier molecular flexibility index (Phi) is 4.39. The Hall–Kier alpha value is -1.10. The number of rotatable bonds is 5. The van der Waals surface area contributed by atoms with Crippen molar-refractivity contribution in [3.05, 3.63) is 18.6 Å². The van der Waals surface area contributed by atoms with Crippen molar-refractivity contribution in [3.8, 4) is 0 Å². The maximum atomic E-state index is 7.23. The lowest BCUT2D eigenvalue weighted by Gasteiger charge is -2.11. The summed E-state index contributed by atoms with van der Waals surface area (Å²) >= 11 is 1.65. The molecule has 0 aliphatic carbocycles. The van der Waals surface area contributed by atoms with Gasteiger partial charge < -0.3 is 5.73 Å². The first-order chi connectivity index (χ1) is 6.72. The number of thioether (sulfide) groups is 1. The zero-order valence-corrected chi connectivity index (χ0v) is 8.92. The molecule has 0 saturated heterocycles. The predicted molar refractivity (Wildman–Crippen MR) is 58.5 cm³/mol. The van der Waals surface area contributed by atoms with Crippen molar-refractivity contribution < 1.29 is 0 Å². The zero-order chi connectivity index (χ0) is 10.4. The molecular weight excluding hydrogens is 196 g/mol. The van der Waals surface area contributed by atoms with E-state index >= 15 is 0 Å². The van der Waals surface area contributed by atoms with E-state index in [-0.39, 0.29) is 5.84 Å². The topological polar surface area (TPSA) is 75.7 Å².